The summed E-state index contributed by atoms with van der Waals surface area (Å²) in [5, 5.41) is 6.01. The van der Waals surface area contributed by atoms with Crippen molar-refractivity contribution in [2.24, 2.45) is 0 Å². The highest BCUT2D eigenvalue weighted by Gasteiger charge is 2.13. The summed E-state index contributed by atoms with van der Waals surface area (Å²) in [6.07, 6.45) is 11.1. The lowest BCUT2D eigenvalue weighted by Gasteiger charge is -2.21. The Balaban J connectivity index is 2.14. The Kier molecular flexibility index (Phi) is 7.02. The van der Waals surface area contributed by atoms with Crippen molar-refractivity contribution in [2.45, 2.75) is 70.8 Å². The minimum absolute atomic E-state index is 0.0269. The van der Waals surface area contributed by atoms with E-state index >= 15 is 0 Å². The molecule has 3 nitrogen and oxygen atoms in total. The summed E-state index contributed by atoms with van der Waals surface area (Å²) in [7, 11) is 0. The summed E-state index contributed by atoms with van der Waals surface area (Å²) in [6.45, 7) is 2.93. The van der Waals surface area contributed by atoms with E-state index in [1.54, 1.807) is 0 Å². The first-order valence-corrected chi connectivity index (χ1v) is 6.87. The smallest absolute Gasteiger partial charge is 0.315 e. The number of hydrogen-bond acceptors (Lipinski definition) is 1. The first-order valence-electron chi connectivity index (χ1n) is 6.87. The Labute approximate surface area is 99.4 Å². The number of amides is 2. The molecule has 0 aliphatic heterocycles. The molecule has 0 radical (unpaired) electrons. The van der Waals surface area contributed by atoms with Crippen LogP contribution in [0, 0.1) is 0 Å². The largest absolute Gasteiger partial charge is 0.338 e. The number of unbranched alkanes of at least 4 members (excludes halogenated alkanes) is 1. The van der Waals surface area contributed by atoms with E-state index < -0.39 is 0 Å². The highest BCUT2D eigenvalue weighted by molar-refractivity contribution is 5.74. The van der Waals surface area contributed by atoms with Gasteiger partial charge in [-0.2, -0.15) is 0 Å². The minimum atomic E-state index is 0.0269. The van der Waals surface area contributed by atoms with Crippen molar-refractivity contribution in [2.75, 3.05) is 6.54 Å². The van der Waals surface area contributed by atoms with Gasteiger partial charge in [0.1, 0.15) is 0 Å². The molecule has 3 heteroatoms. The molecule has 0 spiro atoms. The summed E-state index contributed by atoms with van der Waals surface area (Å²) in [5.74, 6) is 0. The molecule has 0 aromatic rings. The predicted molar refractivity (Wildman–Crippen MR) is 67.5 cm³/mol. The molecule has 0 bridgehead atoms. The van der Waals surface area contributed by atoms with Crippen molar-refractivity contribution in [3.8, 4) is 0 Å². The van der Waals surface area contributed by atoms with Gasteiger partial charge in [-0.1, -0.05) is 45.4 Å². The van der Waals surface area contributed by atoms with Crippen LogP contribution in [0.25, 0.3) is 0 Å². The molecule has 2 N–H and O–H groups in total. The maximum atomic E-state index is 11.6. The van der Waals surface area contributed by atoms with Crippen LogP contribution in [0.5, 0.6) is 0 Å². The molecule has 1 fully saturated rings. The molecule has 16 heavy (non-hydrogen) atoms. The molecule has 0 aromatic carbocycles. The Morgan fingerprint density at radius 2 is 1.75 bits per heavy atom. The third-order valence-corrected chi connectivity index (χ3v) is 3.26. The lowest BCUT2D eigenvalue weighted by Crippen LogP contribution is -2.42. The van der Waals surface area contributed by atoms with Gasteiger partial charge in [-0.25, -0.2) is 4.79 Å². The molecule has 0 heterocycles. The molecular weight excluding hydrogens is 200 g/mol. The third-order valence-electron chi connectivity index (χ3n) is 3.26. The number of nitrogens with one attached hydrogen (secondary N) is 2. The molecule has 1 rings (SSSR count). The Hall–Kier alpha value is -0.730. The molecule has 94 valence electrons. The fourth-order valence-electron chi connectivity index (χ4n) is 2.22. The zero-order valence-corrected chi connectivity index (χ0v) is 10.6. The highest BCUT2D eigenvalue weighted by atomic mass is 16.2. The van der Waals surface area contributed by atoms with Crippen molar-refractivity contribution >= 4 is 6.03 Å². The fraction of sp³-hybridized carbons (Fsp3) is 0.923. The second-order valence-electron chi connectivity index (χ2n) is 4.80. The van der Waals surface area contributed by atoms with Gasteiger partial charge in [0.2, 0.25) is 0 Å². The maximum absolute atomic E-state index is 11.6. The van der Waals surface area contributed by atoms with Crippen LogP contribution in [-0.2, 0) is 0 Å². The van der Waals surface area contributed by atoms with Gasteiger partial charge in [-0.3, -0.25) is 0 Å². The van der Waals surface area contributed by atoms with E-state index in [0.717, 1.165) is 32.2 Å². The maximum Gasteiger partial charge on any atom is 0.315 e. The monoisotopic (exact) mass is 226 g/mol. The number of urea groups is 1. The predicted octanol–water partition coefficient (Wildman–Crippen LogP) is 3.20. The van der Waals surface area contributed by atoms with Crippen LogP contribution in [0.15, 0.2) is 0 Å². The average molecular weight is 226 g/mol. The zero-order chi connectivity index (χ0) is 11.6. The van der Waals surface area contributed by atoms with Crippen LogP contribution >= 0.6 is 0 Å². The highest BCUT2D eigenvalue weighted by Crippen LogP contribution is 2.16. The summed E-state index contributed by atoms with van der Waals surface area (Å²) in [4.78, 5) is 11.6. The Morgan fingerprint density at radius 1 is 1.12 bits per heavy atom. The second-order valence-corrected chi connectivity index (χ2v) is 4.80. The van der Waals surface area contributed by atoms with Crippen LogP contribution in [0.3, 0.4) is 0 Å². The average Bonchev–Trinajstić information content (AvgIpc) is 2.22. The second kappa shape index (κ2) is 8.43. The van der Waals surface area contributed by atoms with E-state index in [2.05, 4.69) is 17.6 Å². The standard InChI is InChI=1S/C13H26N2O/c1-2-3-11-14-13(16)15-12-9-7-5-4-6-8-10-12/h12H,2-11H2,1H3,(H2,14,15,16). The third kappa shape index (κ3) is 5.99. The summed E-state index contributed by atoms with van der Waals surface area (Å²) in [6, 6.07) is 0.431. The molecule has 1 aliphatic carbocycles. The Morgan fingerprint density at radius 3 is 2.38 bits per heavy atom. The first kappa shape index (κ1) is 13.3. The van der Waals surface area contributed by atoms with Gasteiger partial charge in [-0.15, -0.1) is 0 Å². The van der Waals surface area contributed by atoms with Gasteiger partial charge in [0.05, 0.1) is 0 Å². The van der Waals surface area contributed by atoms with Gasteiger partial charge in [-0.05, 0) is 19.3 Å². The van der Waals surface area contributed by atoms with E-state index in [0.29, 0.717) is 6.04 Å². The quantitative estimate of drug-likeness (QED) is 0.710. The number of hydrogen-bond donors (Lipinski definition) is 2. The molecule has 0 saturated heterocycles. The molecule has 0 unspecified atom stereocenters. The van der Waals surface area contributed by atoms with Crippen LogP contribution in [0.2, 0.25) is 0 Å². The van der Waals surface area contributed by atoms with Crippen LogP contribution in [0.4, 0.5) is 4.79 Å². The molecule has 2 amide bonds. The van der Waals surface area contributed by atoms with Gasteiger partial charge < -0.3 is 10.6 Å². The summed E-state index contributed by atoms with van der Waals surface area (Å²) in [5.41, 5.74) is 0. The summed E-state index contributed by atoms with van der Waals surface area (Å²) >= 11 is 0. The van der Waals surface area contributed by atoms with E-state index in [-0.39, 0.29) is 6.03 Å². The molecule has 0 aromatic heterocycles. The van der Waals surface area contributed by atoms with Crippen molar-refractivity contribution in [3.63, 3.8) is 0 Å². The van der Waals surface area contributed by atoms with Crippen molar-refractivity contribution in [3.05, 3.63) is 0 Å². The number of carbonyl (C=O) groups is 1. The van der Waals surface area contributed by atoms with Gasteiger partial charge in [0.25, 0.3) is 0 Å². The summed E-state index contributed by atoms with van der Waals surface area (Å²) < 4.78 is 0. The molecule has 1 aliphatic rings. The van der Waals surface area contributed by atoms with Gasteiger partial charge >= 0.3 is 6.03 Å². The molecular formula is C13H26N2O. The van der Waals surface area contributed by atoms with E-state index in [1.807, 2.05) is 0 Å². The topological polar surface area (TPSA) is 41.1 Å². The van der Waals surface area contributed by atoms with Crippen molar-refractivity contribution < 1.29 is 4.79 Å². The van der Waals surface area contributed by atoms with E-state index in [1.165, 1.54) is 32.1 Å². The molecule has 0 atom stereocenters. The number of carbonyl (C=O) groups excluding carboxylic acids is 1. The first-order chi connectivity index (χ1) is 7.83. The SMILES string of the molecule is CCCCNC(=O)NC1CCCCCCC1. The van der Waals surface area contributed by atoms with Gasteiger partial charge in [0.15, 0.2) is 0 Å². The number of rotatable bonds is 4. The minimum Gasteiger partial charge on any atom is -0.338 e. The lowest BCUT2D eigenvalue weighted by molar-refractivity contribution is 0.234. The normalized spacial score (nSPS) is 18.6. The van der Waals surface area contributed by atoms with Crippen molar-refractivity contribution in [1.82, 2.24) is 10.6 Å². The van der Waals surface area contributed by atoms with Crippen LogP contribution in [0.1, 0.15) is 64.7 Å². The fourth-order valence-corrected chi connectivity index (χ4v) is 2.22. The van der Waals surface area contributed by atoms with E-state index in [4.69, 9.17) is 0 Å². The van der Waals surface area contributed by atoms with Crippen LogP contribution < -0.4 is 10.6 Å². The van der Waals surface area contributed by atoms with Crippen LogP contribution in [-0.4, -0.2) is 18.6 Å². The molecule has 1 saturated carbocycles. The zero-order valence-electron chi connectivity index (χ0n) is 10.6. The van der Waals surface area contributed by atoms with Gasteiger partial charge in [0, 0.05) is 12.6 Å². The van der Waals surface area contributed by atoms with Crippen molar-refractivity contribution in [1.29, 1.82) is 0 Å². The Bertz CT molecular complexity index is 186. The lowest BCUT2D eigenvalue weighted by atomic mass is 9.97. The van der Waals surface area contributed by atoms with E-state index in [9.17, 15) is 4.79 Å².